The lowest BCUT2D eigenvalue weighted by Crippen LogP contribution is -2.43. The van der Waals surface area contributed by atoms with Gasteiger partial charge in [-0.2, -0.15) is 26.3 Å². The molecule has 1 unspecified atom stereocenters. The summed E-state index contributed by atoms with van der Waals surface area (Å²) in [5.74, 6) is -1.08. The number of methoxy groups -OCH3 is 1. The van der Waals surface area contributed by atoms with E-state index < -0.39 is 46.5 Å². The molecule has 1 heterocycles. The van der Waals surface area contributed by atoms with Gasteiger partial charge in [-0.1, -0.05) is 30.3 Å². The monoisotopic (exact) mass is 511 g/mol. The summed E-state index contributed by atoms with van der Waals surface area (Å²) < 4.78 is 90.3. The van der Waals surface area contributed by atoms with Crippen molar-refractivity contribution in [2.45, 2.75) is 36.7 Å². The number of rotatable bonds is 6. The van der Waals surface area contributed by atoms with Crippen molar-refractivity contribution >= 4 is 18.4 Å². The molecule has 0 aromatic heterocycles. The van der Waals surface area contributed by atoms with Gasteiger partial charge in [0.05, 0.1) is 24.8 Å². The van der Waals surface area contributed by atoms with Gasteiger partial charge in [-0.15, -0.1) is 12.4 Å². The minimum atomic E-state index is -5.04. The van der Waals surface area contributed by atoms with Gasteiger partial charge in [0.25, 0.3) is 0 Å². The number of esters is 1. The van der Waals surface area contributed by atoms with E-state index in [9.17, 15) is 31.1 Å². The molecule has 11 heteroatoms. The normalized spacial score (nSPS) is 16.9. The Balaban J connectivity index is 0.00000408. The van der Waals surface area contributed by atoms with Crippen LogP contribution in [0.3, 0.4) is 0 Å². The molecule has 0 amide bonds. The van der Waals surface area contributed by atoms with Crippen molar-refractivity contribution < 1.29 is 40.6 Å². The Morgan fingerprint density at radius 1 is 0.971 bits per heavy atom. The van der Waals surface area contributed by atoms with Gasteiger partial charge >= 0.3 is 18.3 Å². The van der Waals surface area contributed by atoms with Crippen LogP contribution in [0.4, 0.5) is 26.3 Å². The maximum absolute atomic E-state index is 13.3. The third-order valence-electron chi connectivity index (χ3n) is 5.80. The van der Waals surface area contributed by atoms with Crippen LogP contribution in [0.1, 0.15) is 41.2 Å². The zero-order chi connectivity index (χ0) is 24.3. The van der Waals surface area contributed by atoms with Crippen LogP contribution >= 0.6 is 12.4 Å². The van der Waals surface area contributed by atoms with Crippen LogP contribution in [0.5, 0.6) is 0 Å². The fourth-order valence-corrected chi connectivity index (χ4v) is 3.99. The first-order valence-electron chi connectivity index (χ1n) is 10.2. The predicted octanol–water partition coefficient (Wildman–Crippen LogP) is 5.70. The second kappa shape index (κ2) is 11.0. The third kappa shape index (κ3) is 6.43. The summed E-state index contributed by atoms with van der Waals surface area (Å²) in [7, 11) is 0.995. The summed E-state index contributed by atoms with van der Waals surface area (Å²) in [6, 6.07) is 10.3. The first-order valence-corrected chi connectivity index (χ1v) is 10.2. The summed E-state index contributed by atoms with van der Waals surface area (Å²) in [4.78, 5) is 12.4. The second-order valence-electron chi connectivity index (χ2n) is 7.95. The summed E-state index contributed by atoms with van der Waals surface area (Å²) in [6.07, 6.45) is -10.6. The summed E-state index contributed by atoms with van der Waals surface area (Å²) in [6.45, 7) is 1.20. The fourth-order valence-electron chi connectivity index (χ4n) is 3.99. The first-order chi connectivity index (χ1) is 15.5. The Hall–Kier alpha value is -2.30. The average Bonchev–Trinajstić information content (AvgIpc) is 2.79. The molecule has 1 N–H and O–H groups in total. The van der Waals surface area contributed by atoms with E-state index in [0.29, 0.717) is 38.1 Å². The van der Waals surface area contributed by atoms with Gasteiger partial charge in [0, 0.05) is 5.41 Å². The maximum Gasteiger partial charge on any atom is 0.416 e. The molecule has 2 aromatic rings. The molecule has 2 aromatic carbocycles. The van der Waals surface area contributed by atoms with Crippen LogP contribution in [-0.2, 0) is 32.0 Å². The quantitative estimate of drug-likeness (QED) is 0.399. The van der Waals surface area contributed by atoms with Crippen LogP contribution in [-0.4, -0.2) is 32.8 Å². The highest BCUT2D eigenvalue weighted by Crippen LogP contribution is 2.40. The predicted molar refractivity (Wildman–Crippen MR) is 115 cm³/mol. The van der Waals surface area contributed by atoms with Crippen molar-refractivity contribution in [3.63, 3.8) is 0 Å². The molecule has 1 aliphatic heterocycles. The van der Waals surface area contributed by atoms with E-state index in [-0.39, 0.29) is 25.1 Å². The van der Waals surface area contributed by atoms with Gasteiger partial charge < -0.3 is 14.8 Å². The van der Waals surface area contributed by atoms with Crippen LogP contribution < -0.4 is 5.32 Å². The third-order valence-corrected chi connectivity index (χ3v) is 5.80. The van der Waals surface area contributed by atoms with E-state index in [1.807, 2.05) is 30.3 Å². The number of nitrogens with one attached hydrogen (secondary N) is 1. The average molecular weight is 512 g/mol. The SMILES string of the molecule is COC(=O)C(OCC1(c2ccccc2)CCNCC1)c1cc(C(F)(F)F)cc(C(F)(F)F)c1.Cl. The summed E-state index contributed by atoms with van der Waals surface area (Å²) in [5, 5.41) is 3.21. The molecule has 0 bridgehead atoms. The molecule has 4 nitrogen and oxygen atoms in total. The molecule has 0 radical (unpaired) electrons. The van der Waals surface area contributed by atoms with Gasteiger partial charge in [-0.3, -0.25) is 0 Å². The van der Waals surface area contributed by atoms with Gasteiger partial charge in [-0.25, -0.2) is 4.79 Å². The van der Waals surface area contributed by atoms with Crippen LogP contribution in [0.2, 0.25) is 0 Å². The van der Waals surface area contributed by atoms with E-state index >= 15 is 0 Å². The Bertz CT molecular complexity index is 927. The number of benzene rings is 2. The van der Waals surface area contributed by atoms with Crippen LogP contribution in [0.25, 0.3) is 0 Å². The summed E-state index contributed by atoms with van der Waals surface area (Å²) >= 11 is 0. The fraction of sp³-hybridized carbons (Fsp3) is 0.435. The molecule has 0 aliphatic carbocycles. The van der Waals surface area contributed by atoms with Crippen molar-refractivity contribution in [3.8, 4) is 0 Å². The van der Waals surface area contributed by atoms with E-state index in [4.69, 9.17) is 4.74 Å². The highest BCUT2D eigenvalue weighted by atomic mass is 35.5. The lowest BCUT2D eigenvalue weighted by Gasteiger charge is -2.38. The summed E-state index contributed by atoms with van der Waals surface area (Å²) in [5.41, 5.74) is -3.27. The number of alkyl halides is 6. The van der Waals surface area contributed by atoms with Crippen molar-refractivity contribution in [2.75, 3.05) is 26.8 Å². The number of ether oxygens (including phenoxy) is 2. The molecule has 1 saturated heterocycles. The zero-order valence-electron chi connectivity index (χ0n) is 18.1. The largest absolute Gasteiger partial charge is 0.467 e. The molecule has 1 atom stereocenters. The van der Waals surface area contributed by atoms with E-state index in [1.165, 1.54) is 0 Å². The number of carbonyl (C=O) groups is 1. The van der Waals surface area contributed by atoms with Crippen molar-refractivity contribution in [1.29, 1.82) is 0 Å². The van der Waals surface area contributed by atoms with Gasteiger partial charge in [0.15, 0.2) is 6.10 Å². The van der Waals surface area contributed by atoms with Gasteiger partial charge in [-0.05, 0) is 55.3 Å². The standard InChI is InChI=1S/C23H23F6NO3.ClH/c1-32-20(31)19(15-11-17(22(24,25)26)13-18(12-15)23(27,28)29)33-14-21(7-9-30-10-8-21)16-5-3-2-4-6-16;/h2-6,11-13,19,30H,7-10,14H2,1H3;1H. The molecule has 188 valence electrons. The van der Waals surface area contributed by atoms with Crippen LogP contribution in [0.15, 0.2) is 48.5 Å². The topological polar surface area (TPSA) is 47.6 Å². The Morgan fingerprint density at radius 3 is 1.97 bits per heavy atom. The van der Waals surface area contributed by atoms with Crippen LogP contribution in [0, 0.1) is 0 Å². The number of halogens is 7. The molecule has 34 heavy (non-hydrogen) atoms. The number of carbonyl (C=O) groups excluding carboxylic acids is 1. The van der Waals surface area contributed by atoms with Crippen molar-refractivity contribution in [1.82, 2.24) is 5.32 Å². The molecule has 0 spiro atoms. The van der Waals surface area contributed by atoms with Gasteiger partial charge in [0.2, 0.25) is 0 Å². The second-order valence-corrected chi connectivity index (χ2v) is 7.95. The van der Waals surface area contributed by atoms with Crippen molar-refractivity contribution in [3.05, 3.63) is 70.8 Å². The molecule has 0 saturated carbocycles. The lowest BCUT2D eigenvalue weighted by atomic mass is 9.74. The maximum atomic E-state index is 13.3. The molecular weight excluding hydrogens is 488 g/mol. The van der Waals surface area contributed by atoms with E-state index in [1.54, 1.807) is 0 Å². The molecular formula is C23H24ClF6NO3. The Morgan fingerprint density at radius 2 is 1.50 bits per heavy atom. The number of hydrogen-bond donors (Lipinski definition) is 1. The molecule has 1 aliphatic rings. The molecule has 1 fully saturated rings. The Kier molecular flexibility index (Phi) is 9.01. The molecule has 3 rings (SSSR count). The zero-order valence-corrected chi connectivity index (χ0v) is 18.9. The first kappa shape index (κ1) is 27.9. The van der Waals surface area contributed by atoms with Gasteiger partial charge in [0.1, 0.15) is 0 Å². The Labute approximate surface area is 199 Å². The minimum absolute atomic E-state index is 0. The number of piperidine rings is 1. The van der Waals surface area contributed by atoms with E-state index in [0.717, 1.165) is 12.7 Å². The van der Waals surface area contributed by atoms with Crippen molar-refractivity contribution in [2.24, 2.45) is 0 Å². The minimum Gasteiger partial charge on any atom is -0.467 e. The number of hydrogen-bond acceptors (Lipinski definition) is 4. The highest BCUT2D eigenvalue weighted by molar-refractivity contribution is 5.85. The highest BCUT2D eigenvalue weighted by Gasteiger charge is 2.40. The smallest absolute Gasteiger partial charge is 0.416 e. The van der Waals surface area contributed by atoms with E-state index in [2.05, 4.69) is 10.1 Å². The lowest BCUT2D eigenvalue weighted by molar-refractivity contribution is -0.157.